The summed E-state index contributed by atoms with van der Waals surface area (Å²) in [5.74, 6) is 0.204. The minimum atomic E-state index is 0.204. The van der Waals surface area contributed by atoms with E-state index in [0.717, 1.165) is 22.3 Å². The minimum Gasteiger partial charge on any atom is -0.508 e. The van der Waals surface area contributed by atoms with E-state index >= 15 is 0 Å². The monoisotopic (exact) mass is 252 g/mol. The summed E-state index contributed by atoms with van der Waals surface area (Å²) in [5, 5.41) is 21.5. The van der Waals surface area contributed by atoms with Gasteiger partial charge in [-0.3, -0.25) is 0 Å². The lowest BCUT2D eigenvalue weighted by atomic mass is 10.2. The molecule has 0 spiro atoms. The maximum atomic E-state index is 9.46. The Morgan fingerprint density at radius 3 is 2.84 bits per heavy atom. The van der Waals surface area contributed by atoms with Gasteiger partial charge in [0, 0.05) is 22.8 Å². The van der Waals surface area contributed by atoms with Crippen molar-refractivity contribution >= 4 is 28.0 Å². The third kappa shape index (κ3) is 2.26. The highest BCUT2D eigenvalue weighted by molar-refractivity contribution is 5.94. The molecule has 4 N–H and O–H groups in total. The van der Waals surface area contributed by atoms with Crippen LogP contribution in [0.4, 0.5) is 17.1 Å². The second-order valence-corrected chi connectivity index (χ2v) is 4.21. The van der Waals surface area contributed by atoms with Gasteiger partial charge in [-0.25, -0.2) is 0 Å². The topological polar surface area (TPSA) is 84.1 Å². The summed E-state index contributed by atoms with van der Waals surface area (Å²) in [6.07, 6.45) is 1.63. The number of fused-ring (bicyclic) bond motifs is 1. The van der Waals surface area contributed by atoms with E-state index in [9.17, 15) is 5.11 Å². The Kier molecular flexibility index (Phi) is 2.64. The van der Waals surface area contributed by atoms with E-state index < -0.39 is 0 Å². The van der Waals surface area contributed by atoms with Crippen molar-refractivity contribution in [2.45, 2.75) is 0 Å². The maximum Gasteiger partial charge on any atom is 0.117 e. The van der Waals surface area contributed by atoms with Crippen LogP contribution in [0.15, 0.2) is 48.7 Å². The van der Waals surface area contributed by atoms with Gasteiger partial charge in [-0.05, 0) is 30.3 Å². The van der Waals surface area contributed by atoms with Crippen molar-refractivity contribution in [3.63, 3.8) is 0 Å². The molecular weight excluding hydrogens is 240 g/mol. The van der Waals surface area contributed by atoms with Crippen LogP contribution in [0.5, 0.6) is 5.75 Å². The third-order valence-corrected chi connectivity index (χ3v) is 2.79. The summed E-state index contributed by atoms with van der Waals surface area (Å²) < 4.78 is 0. The summed E-state index contributed by atoms with van der Waals surface area (Å²) >= 11 is 0. The molecule has 0 unspecified atom stereocenters. The fraction of sp³-hybridized carbons (Fsp3) is 0. The molecule has 0 radical (unpaired) electrons. The number of phenols is 1. The molecule has 94 valence electrons. The number of hydrogen-bond acceptors (Lipinski definition) is 5. The smallest absolute Gasteiger partial charge is 0.117 e. The van der Waals surface area contributed by atoms with Gasteiger partial charge in [-0.15, -0.1) is 0 Å². The lowest BCUT2D eigenvalue weighted by Crippen LogP contribution is -1.95. The average Bonchev–Trinajstić information content (AvgIpc) is 2.39. The Balaban J connectivity index is 2.07. The molecule has 2 aromatic carbocycles. The molecular formula is C14H12N4O. The molecule has 0 aliphatic heterocycles. The Hall–Kier alpha value is -2.82. The second-order valence-electron chi connectivity index (χ2n) is 4.21. The first kappa shape index (κ1) is 11.3. The molecule has 3 aromatic rings. The summed E-state index contributed by atoms with van der Waals surface area (Å²) in [7, 11) is 0. The van der Waals surface area contributed by atoms with E-state index in [1.165, 1.54) is 0 Å². The largest absolute Gasteiger partial charge is 0.508 e. The van der Waals surface area contributed by atoms with Gasteiger partial charge in [0.15, 0.2) is 0 Å². The molecule has 0 saturated carbocycles. The molecule has 0 atom stereocenters. The van der Waals surface area contributed by atoms with Gasteiger partial charge >= 0.3 is 0 Å². The highest BCUT2D eigenvalue weighted by atomic mass is 16.3. The van der Waals surface area contributed by atoms with Crippen molar-refractivity contribution in [2.75, 3.05) is 11.1 Å². The lowest BCUT2D eigenvalue weighted by Gasteiger charge is -2.09. The number of nitrogens with one attached hydrogen (secondary N) is 1. The molecule has 5 nitrogen and oxygen atoms in total. The summed E-state index contributed by atoms with van der Waals surface area (Å²) in [4.78, 5) is 0. The molecule has 0 aliphatic carbocycles. The highest BCUT2D eigenvalue weighted by Crippen LogP contribution is 2.27. The zero-order chi connectivity index (χ0) is 13.2. The van der Waals surface area contributed by atoms with Gasteiger partial charge in [-0.2, -0.15) is 10.2 Å². The summed E-state index contributed by atoms with van der Waals surface area (Å²) in [6, 6.07) is 12.3. The maximum absolute atomic E-state index is 9.46. The van der Waals surface area contributed by atoms with Crippen molar-refractivity contribution in [3.05, 3.63) is 48.7 Å². The van der Waals surface area contributed by atoms with E-state index in [4.69, 9.17) is 5.73 Å². The number of nitrogen functional groups attached to an aromatic ring is 1. The van der Waals surface area contributed by atoms with Crippen LogP contribution in [0.1, 0.15) is 0 Å². The molecule has 1 aromatic heterocycles. The minimum absolute atomic E-state index is 0.204. The standard InChI is InChI=1S/C14H12N4O/c15-9-4-5-13-12(6-9)14(8-16-18-13)17-10-2-1-3-11(19)7-10/h1-8,19H,15H2,(H,17,18). The van der Waals surface area contributed by atoms with E-state index in [0.29, 0.717) is 5.69 Å². The first-order chi connectivity index (χ1) is 9.22. The van der Waals surface area contributed by atoms with Crippen molar-refractivity contribution < 1.29 is 5.11 Å². The molecule has 0 bridgehead atoms. The van der Waals surface area contributed by atoms with Crippen LogP contribution in [0.2, 0.25) is 0 Å². The molecule has 1 heterocycles. The van der Waals surface area contributed by atoms with Crippen LogP contribution in [-0.2, 0) is 0 Å². The SMILES string of the molecule is Nc1ccc2nncc(Nc3cccc(O)c3)c2c1. The first-order valence-electron chi connectivity index (χ1n) is 5.79. The number of nitrogens with zero attached hydrogens (tertiary/aromatic N) is 2. The Morgan fingerprint density at radius 1 is 1.11 bits per heavy atom. The van der Waals surface area contributed by atoms with Gasteiger partial charge in [0.05, 0.1) is 17.4 Å². The zero-order valence-electron chi connectivity index (χ0n) is 10.0. The fourth-order valence-corrected chi connectivity index (χ4v) is 1.91. The van der Waals surface area contributed by atoms with Gasteiger partial charge < -0.3 is 16.2 Å². The molecule has 3 rings (SSSR count). The van der Waals surface area contributed by atoms with Gasteiger partial charge in [0.25, 0.3) is 0 Å². The second kappa shape index (κ2) is 4.45. The Labute approximate surface area is 109 Å². The van der Waals surface area contributed by atoms with E-state index in [-0.39, 0.29) is 5.75 Å². The zero-order valence-corrected chi connectivity index (χ0v) is 10.0. The first-order valence-corrected chi connectivity index (χ1v) is 5.79. The number of hydrogen-bond donors (Lipinski definition) is 3. The number of rotatable bonds is 2. The van der Waals surface area contributed by atoms with Crippen molar-refractivity contribution in [2.24, 2.45) is 0 Å². The van der Waals surface area contributed by atoms with Crippen LogP contribution in [0, 0.1) is 0 Å². The fourth-order valence-electron chi connectivity index (χ4n) is 1.91. The van der Waals surface area contributed by atoms with Crippen molar-refractivity contribution in [1.82, 2.24) is 10.2 Å². The van der Waals surface area contributed by atoms with E-state index in [2.05, 4.69) is 15.5 Å². The Bertz CT molecular complexity index is 742. The normalized spacial score (nSPS) is 10.5. The summed E-state index contributed by atoms with van der Waals surface area (Å²) in [6.45, 7) is 0. The number of phenolic OH excluding ortho intramolecular Hbond substituents is 1. The van der Waals surface area contributed by atoms with Crippen LogP contribution in [-0.4, -0.2) is 15.3 Å². The number of anilines is 3. The molecule has 0 saturated heterocycles. The Morgan fingerprint density at radius 2 is 2.00 bits per heavy atom. The van der Waals surface area contributed by atoms with Crippen LogP contribution < -0.4 is 11.1 Å². The van der Waals surface area contributed by atoms with E-state index in [1.807, 2.05) is 18.2 Å². The predicted octanol–water partition coefficient (Wildman–Crippen LogP) is 2.66. The molecule has 19 heavy (non-hydrogen) atoms. The van der Waals surface area contributed by atoms with Gasteiger partial charge in [0.2, 0.25) is 0 Å². The molecule has 0 amide bonds. The highest BCUT2D eigenvalue weighted by Gasteiger charge is 2.04. The third-order valence-electron chi connectivity index (χ3n) is 2.79. The molecule has 5 heteroatoms. The number of benzene rings is 2. The van der Waals surface area contributed by atoms with Crippen molar-refractivity contribution in [3.8, 4) is 5.75 Å². The van der Waals surface area contributed by atoms with Crippen LogP contribution in [0.25, 0.3) is 10.9 Å². The van der Waals surface area contributed by atoms with Crippen molar-refractivity contribution in [1.29, 1.82) is 0 Å². The van der Waals surface area contributed by atoms with Crippen LogP contribution in [0.3, 0.4) is 0 Å². The quantitative estimate of drug-likeness (QED) is 0.611. The molecule has 0 fully saturated rings. The van der Waals surface area contributed by atoms with E-state index in [1.54, 1.807) is 30.5 Å². The number of nitrogens with two attached hydrogens (primary N) is 1. The average molecular weight is 252 g/mol. The lowest BCUT2D eigenvalue weighted by molar-refractivity contribution is 0.475. The summed E-state index contributed by atoms with van der Waals surface area (Å²) in [5.41, 5.74) is 8.79. The van der Waals surface area contributed by atoms with Gasteiger partial charge in [-0.1, -0.05) is 6.07 Å². The molecule has 0 aliphatic rings. The van der Waals surface area contributed by atoms with Gasteiger partial charge in [0.1, 0.15) is 5.75 Å². The number of aromatic hydroxyl groups is 1. The van der Waals surface area contributed by atoms with Crippen LogP contribution >= 0.6 is 0 Å². The predicted molar refractivity (Wildman–Crippen MR) is 75.3 cm³/mol. The number of aromatic nitrogens is 2.